The van der Waals surface area contributed by atoms with Crippen molar-refractivity contribution in [2.24, 2.45) is 5.73 Å². The molecule has 3 rings (SSSR count). The summed E-state index contributed by atoms with van der Waals surface area (Å²) in [6, 6.07) is 2.49. The first kappa shape index (κ1) is 21.0. The van der Waals surface area contributed by atoms with Crippen molar-refractivity contribution in [2.45, 2.75) is 83.6 Å². The Morgan fingerprint density at radius 1 is 1.29 bits per heavy atom. The van der Waals surface area contributed by atoms with Crippen molar-refractivity contribution in [2.75, 3.05) is 18.0 Å². The molecular weight excluding hydrogens is 354 g/mol. The van der Waals surface area contributed by atoms with Crippen LogP contribution in [0.5, 0.6) is 0 Å². The van der Waals surface area contributed by atoms with E-state index in [1.165, 1.54) is 32.1 Å². The first-order valence-electron chi connectivity index (χ1n) is 10.6. The zero-order chi connectivity index (χ0) is 20.3. The molecule has 3 atom stereocenters. The maximum atomic E-state index is 12.7. The molecule has 2 fully saturated rings. The number of nitrogens with one attached hydrogen (secondary N) is 2. The summed E-state index contributed by atoms with van der Waals surface area (Å²) in [6.07, 6.45) is 6.20. The van der Waals surface area contributed by atoms with E-state index >= 15 is 0 Å². The van der Waals surface area contributed by atoms with E-state index in [-0.39, 0.29) is 11.9 Å². The van der Waals surface area contributed by atoms with E-state index in [0.717, 1.165) is 24.2 Å². The van der Waals surface area contributed by atoms with Crippen molar-refractivity contribution in [3.05, 3.63) is 22.9 Å². The number of aliphatic hydroxyl groups excluding tert-OH is 1. The minimum atomic E-state index is -0.483. The van der Waals surface area contributed by atoms with Gasteiger partial charge in [0.1, 0.15) is 5.82 Å². The SMILES string of the molecule is Cc1cc(C(=O)NC(C)N)c(N2CCC(NC3CCCCC3)C(O)C2)nc1C. The Morgan fingerprint density at radius 2 is 2.00 bits per heavy atom. The van der Waals surface area contributed by atoms with Gasteiger partial charge >= 0.3 is 0 Å². The number of anilines is 1. The third-order valence-electron chi connectivity index (χ3n) is 5.99. The van der Waals surface area contributed by atoms with Gasteiger partial charge in [-0.2, -0.15) is 0 Å². The Kier molecular flexibility index (Phi) is 6.91. The molecule has 7 nitrogen and oxygen atoms in total. The van der Waals surface area contributed by atoms with Gasteiger partial charge in [0.2, 0.25) is 0 Å². The van der Waals surface area contributed by atoms with Crippen LogP contribution in [0.2, 0.25) is 0 Å². The molecule has 1 aliphatic heterocycles. The fourth-order valence-corrected chi connectivity index (χ4v) is 4.28. The molecule has 1 aromatic rings. The van der Waals surface area contributed by atoms with Crippen LogP contribution in [0.4, 0.5) is 5.82 Å². The molecule has 0 aromatic carbocycles. The molecule has 1 aromatic heterocycles. The van der Waals surface area contributed by atoms with E-state index in [1.807, 2.05) is 24.8 Å². The Labute approximate surface area is 168 Å². The van der Waals surface area contributed by atoms with Crippen LogP contribution in [-0.4, -0.2) is 53.4 Å². The Morgan fingerprint density at radius 3 is 2.64 bits per heavy atom. The normalized spacial score (nSPS) is 24.8. The van der Waals surface area contributed by atoms with Crippen LogP contribution in [-0.2, 0) is 0 Å². The minimum absolute atomic E-state index is 0.104. The summed E-state index contributed by atoms with van der Waals surface area (Å²) < 4.78 is 0. The average molecular weight is 390 g/mol. The fourth-order valence-electron chi connectivity index (χ4n) is 4.28. The molecule has 2 aliphatic rings. The van der Waals surface area contributed by atoms with Gasteiger partial charge < -0.3 is 26.4 Å². The molecular formula is C21H35N5O2. The van der Waals surface area contributed by atoms with Crippen LogP contribution in [0.1, 0.15) is 67.1 Å². The summed E-state index contributed by atoms with van der Waals surface area (Å²) >= 11 is 0. The predicted molar refractivity (Wildman–Crippen MR) is 111 cm³/mol. The van der Waals surface area contributed by atoms with E-state index in [2.05, 4.69) is 10.6 Å². The van der Waals surface area contributed by atoms with Gasteiger partial charge in [-0.05, 0) is 51.7 Å². The summed E-state index contributed by atoms with van der Waals surface area (Å²) in [7, 11) is 0. The van der Waals surface area contributed by atoms with Crippen molar-refractivity contribution in [1.29, 1.82) is 0 Å². The third-order valence-corrected chi connectivity index (χ3v) is 5.99. The lowest BCUT2D eigenvalue weighted by atomic mass is 9.92. The highest BCUT2D eigenvalue weighted by Gasteiger charge is 2.32. The lowest BCUT2D eigenvalue weighted by Gasteiger charge is -2.40. The monoisotopic (exact) mass is 389 g/mol. The molecule has 2 heterocycles. The highest BCUT2D eigenvalue weighted by Crippen LogP contribution is 2.26. The van der Waals surface area contributed by atoms with Gasteiger partial charge in [0.25, 0.3) is 5.91 Å². The summed E-state index contributed by atoms with van der Waals surface area (Å²) in [6.45, 7) is 6.86. The molecule has 1 aliphatic carbocycles. The van der Waals surface area contributed by atoms with Gasteiger partial charge in [-0.15, -0.1) is 0 Å². The second-order valence-corrected chi connectivity index (χ2v) is 8.43. The number of aryl methyl sites for hydroxylation is 2. The van der Waals surface area contributed by atoms with E-state index < -0.39 is 12.3 Å². The van der Waals surface area contributed by atoms with Crippen molar-refractivity contribution in [3.8, 4) is 0 Å². The van der Waals surface area contributed by atoms with Gasteiger partial charge in [0, 0.05) is 30.9 Å². The number of rotatable bonds is 5. The van der Waals surface area contributed by atoms with Gasteiger partial charge in [0.05, 0.1) is 17.8 Å². The summed E-state index contributed by atoms with van der Waals surface area (Å²) in [5, 5.41) is 17.2. The Hall–Kier alpha value is -1.70. The molecule has 5 N–H and O–H groups in total. The number of amides is 1. The van der Waals surface area contributed by atoms with Crippen LogP contribution in [0.25, 0.3) is 0 Å². The van der Waals surface area contributed by atoms with Crippen molar-refractivity contribution < 1.29 is 9.90 Å². The largest absolute Gasteiger partial charge is 0.390 e. The molecule has 156 valence electrons. The smallest absolute Gasteiger partial charge is 0.256 e. The van der Waals surface area contributed by atoms with Gasteiger partial charge in [-0.1, -0.05) is 19.3 Å². The van der Waals surface area contributed by atoms with Gasteiger partial charge in [-0.3, -0.25) is 4.79 Å². The first-order valence-corrected chi connectivity index (χ1v) is 10.6. The number of nitrogens with two attached hydrogens (primary N) is 1. The molecule has 0 bridgehead atoms. The number of piperidine rings is 1. The number of carbonyl (C=O) groups excluding carboxylic acids is 1. The zero-order valence-corrected chi connectivity index (χ0v) is 17.4. The summed E-state index contributed by atoms with van der Waals surface area (Å²) in [5.41, 5.74) is 8.12. The molecule has 0 spiro atoms. The zero-order valence-electron chi connectivity index (χ0n) is 17.4. The standard InChI is InChI=1S/C21H35N5O2/c1-13-11-17(21(28)24-15(3)22)20(23-14(13)2)26-10-9-18(19(27)12-26)25-16-7-5-4-6-8-16/h11,15-16,18-19,25,27H,4-10,12,22H2,1-3H3,(H,24,28). The highest BCUT2D eigenvalue weighted by atomic mass is 16.3. The van der Waals surface area contributed by atoms with Crippen molar-refractivity contribution in [1.82, 2.24) is 15.6 Å². The first-order chi connectivity index (χ1) is 13.3. The lowest BCUT2D eigenvalue weighted by Crippen LogP contribution is -2.55. The topological polar surface area (TPSA) is 104 Å². The quantitative estimate of drug-likeness (QED) is 0.570. The molecule has 3 unspecified atom stereocenters. The number of hydrogen-bond donors (Lipinski definition) is 4. The van der Waals surface area contributed by atoms with Gasteiger partial charge in [0.15, 0.2) is 0 Å². The van der Waals surface area contributed by atoms with Crippen molar-refractivity contribution >= 4 is 11.7 Å². The van der Waals surface area contributed by atoms with E-state index in [0.29, 0.717) is 24.0 Å². The minimum Gasteiger partial charge on any atom is -0.390 e. The number of nitrogens with zero attached hydrogens (tertiary/aromatic N) is 2. The number of carbonyl (C=O) groups is 1. The van der Waals surface area contributed by atoms with Gasteiger partial charge in [-0.25, -0.2) is 4.98 Å². The molecule has 7 heteroatoms. The number of β-amino-alcohol motifs (C(OH)–C–C–N with tert-alkyl or cyclic N) is 1. The number of pyridine rings is 1. The molecule has 1 amide bonds. The maximum absolute atomic E-state index is 12.7. The molecule has 1 saturated carbocycles. The number of aromatic nitrogens is 1. The van der Waals surface area contributed by atoms with E-state index in [9.17, 15) is 9.90 Å². The third kappa shape index (κ3) is 5.01. The van der Waals surface area contributed by atoms with Crippen LogP contribution in [0, 0.1) is 13.8 Å². The Bertz CT molecular complexity index is 688. The second-order valence-electron chi connectivity index (χ2n) is 8.43. The average Bonchev–Trinajstić information content (AvgIpc) is 2.65. The molecule has 28 heavy (non-hydrogen) atoms. The maximum Gasteiger partial charge on any atom is 0.256 e. The summed E-state index contributed by atoms with van der Waals surface area (Å²) in [4.78, 5) is 19.4. The highest BCUT2D eigenvalue weighted by molar-refractivity contribution is 5.99. The molecule has 1 saturated heterocycles. The van der Waals surface area contributed by atoms with Crippen LogP contribution in [0.15, 0.2) is 6.07 Å². The van der Waals surface area contributed by atoms with E-state index in [1.54, 1.807) is 6.92 Å². The molecule has 0 radical (unpaired) electrons. The number of aliphatic hydroxyl groups is 1. The Balaban J connectivity index is 1.73. The van der Waals surface area contributed by atoms with Crippen LogP contribution < -0.4 is 21.3 Å². The van der Waals surface area contributed by atoms with E-state index in [4.69, 9.17) is 10.7 Å². The van der Waals surface area contributed by atoms with Crippen molar-refractivity contribution in [3.63, 3.8) is 0 Å². The summed E-state index contributed by atoms with van der Waals surface area (Å²) in [5.74, 6) is 0.411. The van der Waals surface area contributed by atoms with Crippen LogP contribution in [0.3, 0.4) is 0 Å². The number of hydrogen-bond acceptors (Lipinski definition) is 6. The second kappa shape index (κ2) is 9.20. The lowest BCUT2D eigenvalue weighted by molar-refractivity contribution is 0.0935. The fraction of sp³-hybridized carbons (Fsp3) is 0.714. The predicted octanol–water partition coefficient (Wildman–Crippen LogP) is 1.59. The van der Waals surface area contributed by atoms with Crippen LogP contribution >= 0.6 is 0 Å².